The summed E-state index contributed by atoms with van der Waals surface area (Å²) in [4.78, 5) is 43.5. The quantitative estimate of drug-likeness (QED) is 0.0277. The molecular weight excluding hydrogens is 944 g/mol. The number of nitrogens with one attached hydrogen (secondary N) is 6. The van der Waals surface area contributed by atoms with Crippen molar-refractivity contribution in [1.29, 1.82) is 0 Å². The van der Waals surface area contributed by atoms with Gasteiger partial charge in [-0.3, -0.25) is 9.59 Å². The second kappa shape index (κ2) is 25.8. The van der Waals surface area contributed by atoms with Crippen molar-refractivity contribution in [3.8, 4) is 21.6 Å². The number of alkyl halides is 3. The average Bonchev–Trinajstić information content (AvgIpc) is 4.08. The van der Waals surface area contributed by atoms with Gasteiger partial charge in [0.25, 0.3) is 0 Å². The van der Waals surface area contributed by atoms with Crippen LogP contribution in [-0.2, 0) is 22.7 Å². The number of thiazole rings is 1. The van der Waals surface area contributed by atoms with Gasteiger partial charge in [0.2, 0.25) is 17.8 Å². The Hall–Kier alpha value is -5.02. The number of carbonyl (C=O) groups is 2. The van der Waals surface area contributed by atoms with Crippen LogP contribution in [-0.4, -0.2) is 129 Å². The van der Waals surface area contributed by atoms with E-state index in [1.807, 2.05) is 57.5 Å². The molecule has 72 heavy (non-hydrogen) atoms. The van der Waals surface area contributed by atoms with Crippen molar-refractivity contribution in [3.63, 3.8) is 0 Å². The van der Waals surface area contributed by atoms with Gasteiger partial charge in [-0.1, -0.05) is 75.7 Å². The lowest BCUT2D eigenvalue weighted by atomic mass is 9.85. The number of hydrogen-bond acceptors (Lipinski definition) is 13. The number of amides is 2. The minimum Gasteiger partial charge on any atom is -0.393 e. The van der Waals surface area contributed by atoms with E-state index in [-0.39, 0.29) is 49.4 Å². The molecule has 15 nitrogen and oxygen atoms in total. The van der Waals surface area contributed by atoms with Crippen LogP contribution in [0.1, 0.15) is 101 Å². The van der Waals surface area contributed by atoms with Crippen LogP contribution < -0.4 is 31.9 Å². The van der Waals surface area contributed by atoms with Crippen LogP contribution in [0.15, 0.2) is 66.4 Å². The predicted octanol–water partition coefficient (Wildman–Crippen LogP) is 7.09. The summed E-state index contributed by atoms with van der Waals surface area (Å²) in [5, 5.41) is 41.3. The molecule has 2 fully saturated rings. The van der Waals surface area contributed by atoms with E-state index < -0.39 is 36.2 Å². The van der Waals surface area contributed by atoms with E-state index in [1.54, 1.807) is 22.4 Å². The molecule has 3 atom stereocenters. The molecule has 8 N–H and O–H groups in total. The second-order valence-corrected chi connectivity index (χ2v) is 21.3. The zero-order valence-electron chi connectivity index (χ0n) is 42.2. The fraction of sp³-hybridized carbons (Fsp3) is 0.566. The average molecular weight is 1020 g/mol. The Labute approximate surface area is 425 Å². The molecule has 2 aliphatic rings. The first-order chi connectivity index (χ1) is 34.5. The largest absolute Gasteiger partial charge is 0.393 e. The van der Waals surface area contributed by atoms with Gasteiger partial charge in [-0.2, -0.15) is 18.2 Å². The van der Waals surface area contributed by atoms with Crippen molar-refractivity contribution < 1.29 is 33.0 Å². The molecular formula is C53H74F3N11O4S. The van der Waals surface area contributed by atoms with Gasteiger partial charge in [-0.25, -0.2) is 9.97 Å². The Morgan fingerprint density at radius 2 is 1.44 bits per heavy atom. The van der Waals surface area contributed by atoms with Crippen molar-refractivity contribution in [2.45, 2.75) is 135 Å². The van der Waals surface area contributed by atoms with Crippen LogP contribution >= 0.6 is 11.3 Å². The molecule has 4 heterocycles. The number of aryl methyl sites for hydroxylation is 1. The van der Waals surface area contributed by atoms with E-state index in [0.29, 0.717) is 38.1 Å². The van der Waals surface area contributed by atoms with Gasteiger partial charge in [-0.15, -0.1) is 11.3 Å². The highest BCUT2D eigenvalue weighted by atomic mass is 32.1. The second-order valence-electron chi connectivity index (χ2n) is 20.4. The molecule has 0 bridgehead atoms. The maximum Gasteiger partial charge on any atom is 0.390 e. The molecule has 2 amide bonds. The Morgan fingerprint density at radius 3 is 2.10 bits per heavy atom. The first-order valence-corrected chi connectivity index (χ1v) is 26.5. The summed E-state index contributed by atoms with van der Waals surface area (Å²) in [7, 11) is 0. The molecule has 1 aliphatic carbocycles. The molecule has 0 spiro atoms. The summed E-state index contributed by atoms with van der Waals surface area (Å²) in [5.41, 5.74) is 8.23. The number of unbranched alkanes of at least 4 members (excludes halogenated alkanes) is 2. The van der Waals surface area contributed by atoms with Crippen molar-refractivity contribution in [2.24, 2.45) is 5.41 Å². The molecule has 1 aliphatic heterocycles. The summed E-state index contributed by atoms with van der Waals surface area (Å²) in [6.45, 7) is 13.7. The lowest BCUT2D eigenvalue weighted by Gasteiger charge is -2.35. The van der Waals surface area contributed by atoms with Gasteiger partial charge in [0, 0.05) is 88.2 Å². The zero-order chi connectivity index (χ0) is 51.3. The third-order valence-electron chi connectivity index (χ3n) is 13.7. The number of aliphatic hydroxyl groups is 2. The zero-order valence-corrected chi connectivity index (χ0v) is 43.0. The van der Waals surface area contributed by atoms with Gasteiger partial charge in [0.05, 0.1) is 40.8 Å². The van der Waals surface area contributed by atoms with Crippen molar-refractivity contribution in [2.75, 3.05) is 57.7 Å². The fourth-order valence-electron chi connectivity index (χ4n) is 9.61. The van der Waals surface area contributed by atoms with E-state index in [4.69, 9.17) is 0 Å². The molecule has 19 heteroatoms. The third kappa shape index (κ3) is 15.5. The van der Waals surface area contributed by atoms with Crippen LogP contribution in [0.3, 0.4) is 0 Å². The number of aliphatic hydroxyl groups excluding tert-OH is 2. The van der Waals surface area contributed by atoms with E-state index in [9.17, 15) is 33.0 Å². The van der Waals surface area contributed by atoms with Crippen LogP contribution in [0.5, 0.6) is 0 Å². The maximum atomic E-state index is 14.0. The molecule has 5 aromatic rings. The molecule has 1 saturated carbocycles. The number of benzene rings is 2. The Balaban J connectivity index is 0.759. The first-order valence-electron chi connectivity index (χ1n) is 25.6. The number of halogens is 3. The molecule has 0 radical (unpaired) electrons. The molecule has 392 valence electrons. The van der Waals surface area contributed by atoms with Crippen LogP contribution in [0.4, 0.5) is 19.1 Å². The highest BCUT2D eigenvalue weighted by Crippen LogP contribution is 2.37. The third-order valence-corrected chi connectivity index (χ3v) is 14.6. The number of likely N-dealkylation sites (tertiary alicyclic amines) is 1. The monoisotopic (exact) mass is 1020 g/mol. The lowest BCUT2D eigenvalue weighted by molar-refractivity contribution is -0.142. The van der Waals surface area contributed by atoms with Gasteiger partial charge in [-0.05, 0) is 86.2 Å². The highest BCUT2D eigenvalue weighted by Gasteiger charge is 2.43. The molecule has 3 aromatic heterocycles. The summed E-state index contributed by atoms with van der Waals surface area (Å²) in [6, 6.07) is 15.3. The SMILES string of the molecule is Cc1ncsc1-c1ccc(CNC(=O)[C@@H]2C[C@@H](O)CN2C(=O)[C@@H](NCCNCCCCCNCCNCc2ccc(-c3cn(C4CCC(O)CC4)c4nc(NCCC(F)(F)F)ncc34)cc2)C(C)(C)C)cc1. The number of nitrogens with zero attached hydrogens (tertiary/aromatic N) is 5. The van der Waals surface area contributed by atoms with Gasteiger partial charge in [0.1, 0.15) is 11.7 Å². The Bertz CT molecular complexity index is 2490. The summed E-state index contributed by atoms with van der Waals surface area (Å²) >= 11 is 1.60. The maximum absolute atomic E-state index is 14.0. The van der Waals surface area contributed by atoms with Crippen LogP contribution in [0.2, 0.25) is 0 Å². The molecule has 1 saturated heterocycles. The Kier molecular flexibility index (Phi) is 19.6. The van der Waals surface area contributed by atoms with E-state index in [0.717, 1.165) is 109 Å². The fourth-order valence-corrected chi connectivity index (χ4v) is 10.4. The number of hydrogen-bond donors (Lipinski definition) is 8. The lowest BCUT2D eigenvalue weighted by Crippen LogP contribution is -2.57. The number of rotatable bonds is 25. The minimum atomic E-state index is -4.27. The predicted molar refractivity (Wildman–Crippen MR) is 278 cm³/mol. The normalized spacial score (nSPS) is 19.0. The van der Waals surface area contributed by atoms with Crippen molar-refractivity contribution in [1.82, 2.24) is 51.0 Å². The number of fused-ring (bicyclic) bond motifs is 1. The Morgan fingerprint density at radius 1 is 0.792 bits per heavy atom. The minimum absolute atomic E-state index is 0.126. The first kappa shape index (κ1) is 54.7. The van der Waals surface area contributed by atoms with E-state index >= 15 is 0 Å². The molecule has 7 rings (SSSR count). The molecule has 2 aromatic carbocycles. The van der Waals surface area contributed by atoms with Gasteiger partial charge in [0.15, 0.2) is 0 Å². The van der Waals surface area contributed by atoms with Crippen LogP contribution in [0, 0.1) is 12.3 Å². The van der Waals surface area contributed by atoms with Gasteiger partial charge < -0.3 is 51.6 Å². The summed E-state index contributed by atoms with van der Waals surface area (Å²) in [5.74, 6) is -0.272. The summed E-state index contributed by atoms with van der Waals surface area (Å²) in [6.07, 6.45) is 3.81. The smallest absolute Gasteiger partial charge is 0.390 e. The van der Waals surface area contributed by atoms with Gasteiger partial charge >= 0.3 is 6.18 Å². The summed E-state index contributed by atoms with van der Waals surface area (Å²) < 4.78 is 40.5. The standard InChI is InChI=1S/C53H74F3N11O4S/c1-35-46(72-34-64-35)39-14-10-37(11-15-39)30-62-49(70)45-28-42(69)32-67(45)50(71)47(52(2,3)4)60-27-26-58-22-7-5-6-21-57-24-25-59-29-36-8-12-38(13-9-36)44-33-66(40-16-18-41(68)19-17-40)48-43(44)31-63-51(65-48)61-23-20-53(54,55)56/h8-15,31,33-34,40-42,45,47,57-60,68-69H,5-7,16-30,32H2,1-4H3,(H,62,70)(H,61,63,65)/t40?,41?,42-,45+,47-/m1/s1. The molecule has 0 unspecified atom stereocenters. The van der Waals surface area contributed by atoms with Crippen LogP contribution in [0.25, 0.3) is 32.6 Å². The van der Waals surface area contributed by atoms with E-state index in [1.165, 1.54) is 0 Å². The van der Waals surface area contributed by atoms with Crippen molar-refractivity contribution in [3.05, 3.63) is 83.3 Å². The van der Waals surface area contributed by atoms with Crippen molar-refractivity contribution >= 4 is 40.1 Å². The number of anilines is 1. The topological polar surface area (TPSA) is 194 Å². The van der Waals surface area contributed by atoms with E-state index in [2.05, 4.69) is 81.9 Å². The highest BCUT2D eigenvalue weighted by molar-refractivity contribution is 7.13. The number of aromatic nitrogens is 4. The number of β-amino-alcohol motifs (C(OH)–C–C–N with tert-alkyl or cyclic N) is 1. The number of carbonyl (C=O) groups excluding carboxylic acids is 2.